The number of morpholine rings is 1. The lowest BCUT2D eigenvalue weighted by Gasteiger charge is -2.26. The molecule has 0 unspecified atom stereocenters. The van der Waals surface area contributed by atoms with Gasteiger partial charge in [-0.2, -0.15) is 0 Å². The van der Waals surface area contributed by atoms with Crippen molar-refractivity contribution < 1.29 is 19.0 Å². The van der Waals surface area contributed by atoms with E-state index in [1.807, 2.05) is 28.5 Å². The lowest BCUT2D eigenvalue weighted by atomic mass is 10.2. The molecule has 26 heavy (non-hydrogen) atoms. The Morgan fingerprint density at radius 3 is 2.77 bits per heavy atom. The van der Waals surface area contributed by atoms with Crippen LogP contribution in [0.4, 0.5) is 0 Å². The van der Waals surface area contributed by atoms with E-state index in [4.69, 9.17) is 14.2 Å². The third kappa shape index (κ3) is 4.69. The fraction of sp³-hybridized carbons (Fsp3) is 0.444. The van der Waals surface area contributed by atoms with Crippen LogP contribution >= 0.6 is 23.1 Å². The summed E-state index contributed by atoms with van der Waals surface area (Å²) in [5, 5.41) is 2.97. The molecule has 0 spiro atoms. The SMILES string of the molecule is COc1ccc(-c2nc(CSCC(=O)N3CCOCC3)cs2)cc1OC. The van der Waals surface area contributed by atoms with Crippen molar-refractivity contribution in [3.8, 4) is 22.1 Å². The smallest absolute Gasteiger partial charge is 0.232 e. The second-order valence-corrected chi connectivity index (χ2v) is 7.54. The lowest BCUT2D eigenvalue weighted by molar-refractivity contribution is -0.132. The fourth-order valence-electron chi connectivity index (χ4n) is 2.62. The molecular formula is C18H22N2O4S2. The van der Waals surface area contributed by atoms with Crippen molar-refractivity contribution in [2.24, 2.45) is 0 Å². The molecule has 6 nitrogen and oxygen atoms in total. The highest BCUT2D eigenvalue weighted by atomic mass is 32.2. The lowest BCUT2D eigenvalue weighted by Crippen LogP contribution is -2.41. The molecule has 140 valence electrons. The molecule has 1 saturated heterocycles. The van der Waals surface area contributed by atoms with Gasteiger partial charge in [0.1, 0.15) is 5.01 Å². The molecule has 1 aliphatic rings. The largest absolute Gasteiger partial charge is 0.493 e. The molecule has 1 aromatic carbocycles. The van der Waals surface area contributed by atoms with Gasteiger partial charge < -0.3 is 19.1 Å². The summed E-state index contributed by atoms with van der Waals surface area (Å²) in [6.45, 7) is 2.66. The van der Waals surface area contributed by atoms with Gasteiger partial charge >= 0.3 is 0 Å². The Labute approximate surface area is 161 Å². The van der Waals surface area contributed by atoms with Crippen molar-refractivity contribution in [1.29, 1.82) is 0 Å². The molecule has 0 aliphatic carbocycles. The van der Waals surface area contributed by atoms with E-state index in [1.165, 1.54) is 0 Å². The molecule has 0 atom stereocenters. The van der Waals surface area contributed by atoms with E-state index >= 15 is 0 Å². The van der Waals surface area contributed by atoms with Crippen molar-refractivity contribution in [2.45, 2.75) is 5.75 Å². The number of rotatable bonds is 7. The van der Waals surface area contributed by atoms with Crippen LogP contribution in [0.25, 0.3) is 10.6 Å². The number of benzene rings is 1. The molecule has 3 rings (SSSR count). The number of ether oxygens (including phenoxy) is 3. The topological polar surface area (TPSA) is 60.9 Å². The van der Waals surface area contributed by atoms with Gasteiger partial charge in [0.15, 0.2) is 11.5 Å². The first-order chi connectivity index (χ1) is 12.7. The molecule has 2 heterocycles. The summed E-state index contributed by atoms with van der Waals surface area (Å²) in [6, 6.07) is 5.78. The Hall–Kier alpha value is -1.77. The second-order valence-electron chi connectivity index (χ2n) is 5.70. The predicted octanol–water partition coefficient (Wildman–Crippen LogP) is 2.92. The Bertz CT molecular complexity index is 745. The molecule has 1 aliphatic heterocycles. The minimum Gasteiger partial charge on any atom is -0.493 e. The van der Waals surface area contributed by atoms with Crippen LogP contribution in [-0.2, 0) is 15.3 Å². The normalized spacial score (nSPS) is 14.3. The van der Waals surface area contributed by atoms with Crippen LogP contribution in [-0.4, -0.2) is 62.1 Å². The van der Waals surface area contributed by atoms with E-state index < -0.39 is 0 Å². The summed E-state index contributed by atoms with van der Waals surface area (Å²) < 4.78 is 15.9. The van der Waals surface area contributed by atoms with Gasteiger partial charge in [-0.25, -0.2) is 4.98 Å². The van der Waals surface area contributed by atoms with E-state index in [0.717, 1.165) is 22.0 Å². The van der Waals surface area contributed by atoms with Gasteiger partial charge in [0.25, 0.3) is 0 Å². The molecule has 1 aromatic heterocycles. The van der Waals surface area contributed by atoms with Gasteiger partial charge in [-0.1, -0.05) is 0 Å². The highest BCUT2D eigenvalue weighted by Crippen LogP contribution is 2.33. The van der Waals surface area contributed by atoms with E-state index in [9.17, 15) is 4.79 Å². The average molecular weight is 395 g/mol. The first-order valence-electron chi connectivity index (χ1n) is 8.31. The molecule has 1 amide bonds. The molecule has 0 saturated carbocycles. The van der Waals surface area contributed by atoms with Crippen LogP contribution in [0.3, 0.4) is 0 Å². The number of thioether (sulfide) groups is 1. The van der Waals surface area contributed by atoms with E-state index in [-0.39, 0.29) is 5.91 Å². The maximum atomic E-state index is 12.2. The van der Waals surface area contributed by atoms with E-state index in [1.54, 1.807) is 37.3 Å². The summed E-state index contributed by atoms with van der Waals surface area (Å²) in [6.07, 6.45) is 0. The molecule has 2 aromatic rings. The zero-order chi connectivity index (χ0) is 18.4. The predicted molar refractivity (Wildman–Crippen MR) is 104 cm³/mol. The van der Waals surface area contributed by atoms with Gasteiger partial charge in [0.05, 0.1) is 38.9 Å². The zero-order valence-electron chi connectivity index (χ0n) is 14.9. The fourth-order valence-corrected chi connectivity index (χ4v) is 4.36. The van der Waals surface area contributed by atoms with Crippen molar-refractivity contribution in [1.82, 2.24) is 9.88 Å². The quantitative estimate of drug-likeness (QED) is 0.720. The Kier molecular flexibility index (Phi) is 6.76. The number of hydrogen-bond acceptors (Lipinski definition) is 7. The van der Waals surface area contributed by atoms with Crippen molar-refractivity contribution in [3.05, 3.63) is 29.3 Å². The van der Waals surface area contributed by atoms with Crippen molar-refractivity contribution >= 4 is 29.0 Å². The van der Waals surface area contributed by atoms with Crippen LogP contribution < -0.4 is 9.47 Å². The Morgan fingerprint density at radius 2 is 2.04 bits per heavy atom. The third-order valence-electron chi connectivity index (χ3n) is 4.02. The van der Waals surface area contributed by atoms with Gasteiger partial charge in [0, 0.05) is 29.8 Å². The number of methoxy groups -OCH3 is 2. The summed E-state index contributed by atoms with van der Waals surface area (Å²) in [4.78, 5) is 18.7. The van der Waals surface area contributed by atoms with Crippen LogP contribution in [0.1, 0.15) is 5.69 Å². The summed E-state index contributed by atoms with van der Waals surface area (Å²) in [7, 11) is 3.24. The van der Waals surface area contributed by atoms with Gasteiger partial charge in [-0.3, -0.25) is 4.79 Å². The van der Waals surface area contributed by atoms with Crippen molar-refractivity contribution in [3.63, 3.8) is 0 Å². The van der Waals surface area contributed by atoms with Gasteiger partial charge in [-0.15, -0.1) is 23.1 Å². The molecule has 0 N–H and O–H groups in total. The maximum absolute atomic E-state index is 12.2. The molecule has 1 fully saturated rings. The third-order valence-corrected chi connectivity index (χ3v) is 5.91. The van der Waals surface area contributed by atoms with E-state index in [0.29, 0.717) is 43.6 Å². The summed E-state index contributed by atoms with van der Waals surface area (Å²) in [5.41, 5.74) is 1.98. The number of thiazole rings is 1. The zero-order valence-corrected chi connectivity index (χ0v) is 16.5. The first-order valence-corrected chi connectivity index (χ1v) is 10.3. The Morgan fingerprint density at radius 1 is 1.27 bits per heavy atom. The molecule has 8 heteroatoms. The number of carbonyl (C=O) groups excluding carboxylic acids is 1. The van der Waals surface area contributed by atoms with Gasteiger partial charge in [0.2, 0.25) is 5.91 Å². The molecular weight excluding hydrogens is 372 g/mol. The standard InChI is InChI=1S/C18H22N2O4S2/c1-22-15-4-3-13(9-16(15)23-2)18-19-14(11-26-18)10-25-12-17(21)20-5-7-24-8-6-20/h3-4,9,11H,5-8,10,12H2,1-2H3. The van der Waals surface area contributed by atoms with Crippen LogP contribution in [0.2, 0.25) is 0 Å². The Balaban J connectivity index is 1.55. The van der Waals surface area contributed by atoms with E-state index in [2.05, 4.69) is 4.98 Å². The average Bonchev–Trinajstić information content (AvgIpc) is 3.17. The number of hydrogen-bond donors (Lipinski definition) is 0. The highest BCUT2D eigenvalue weighted by molar-refractivity contribution is 7.99. The maximum Gasteiger partial charge on any atom is 0.232 e. The van der Waals surface area contributed by atoms with Crippen LogP contribution in [0.15, 0.2) is 23.6 Å². The van der Waals surface area contributed by atoms with Gasteiger partial charge in [-0.05, 0) is 18.2 Å². The number of aromatic nitrogens is 1. The first kappa shape index (κ1) is 19.0. The second kappa shape index (κ2) is 9.25. The van der Waals surface area contributed by atoms with Crippen LogP contribution in [0.5, 0.6) is 11.5 Å². The summed E-state index contributed by atoms with van der Waals surface area (Å²) >= 11 is 3.19. The van der Waals surface area contributed by atoms with Crippen molar-refractivity contribution in [2.75, 3.05) is 46.3 Å². The minimum atomic E-state index is 0.175. The number of carbonyl (C=O) groups is 1. The minimum absolute atomic E-state index is 0.175. The monoisotopic (exact) mass is 394 g/mol. The summed E-state index contributed by atoms with van der Waals surface area (Å²) in [5.74, 6) is 2.76. The molecule has 0 bridgehead atoms. The highest BCUT2D eigenvalue weighted by Gasteiger charge is 2.17. The number of nitrogens with zero attached hydrogens (tertiary/aromatic N) is 2. The molecule has 0 radical (unpaired) electrons. The van der Waals surface area contributed by atoms with Crippen LogP contribution in [0, 0.1) is 0 Å². The number of amides is 1.